The van der Waals surface area contributed by atoms with Crippen LogP contribution < -0.4 is 5.32 Å². The van der Waals surface area contributed by atoms with Crippen molar-refractivity contribution in [1.29, 1.82) is 0 Å². The largest absolute Gasteiger partial charge is 0.320 e. The van der Waals surface area contributed by atoms with E-state index in [1.165, 1.54) is 41.7 Å². The van der Waals surface area contributed by atoms with Gasteiger partial charge in [-0.2, -0.15) is 15.3 Å². The fraction of sp³-hybridized carbons (Fsp3) is 0.105. The van der Waals surface area contributed by atoms with Gasteiger partial charge < -0.3 is 5.32 Å². The molecule has 1 aromatic carbocycles. The number of carbonyl (C=O) groups is 1. The molecule has 0 radical (unpaired) electrons. The number of benzene rings is 1. The van der Waals surface area contributed by atoms with Crippen LogP contribution in [0.5, 0.6) is 0 Å². The number of aromatic nitrogens is 6. The van der Waals surface area contributed by atoms with Crippen LogP contribution in [0.1, 0.15) is 21.6 Å². The van der Waals surface area contributed by atoms with Gasteiger partial charge in [0.25, 0.3) is 5.91 Å². The lowest BCUT2D eigenvalue weighted by molar-refractivity contribution is 0.102. The molecule has 3 heterocycles. The zero-order valence-corrected chi connectivity index (χ0v) is 16.2. The van der Waals surface area contributed by atoms with E-state index in [0.29, 0.717) is 34.0 Å². The molecule has 0 atom stereocenters. The smallest absolute Gasteiger partial charge is 0.259 e. The molecule has 4 aromatic rings. The molecule has 0 unspecified atom stereocenters. The Morgan fingerprint density at radius 1 is 1.10 bits per heavy atom. The summed E-state index contributed by atoms with van der Waals surface area (Å²) < 4.78 is 15.0. The van der Waals surface area contributed by atoms with Crippen molar-refractivity contribution >= 4 is 23.2 Å². The van der Waals surface area contributed by atoms with Gasteiger partial charge >= 0.3 is 0 Å². The number of carbonyl (C=O) groups excluding carboxylic acids is 1. The average molecular weight is 412 g/mol. The number of nitrogens with zero attached hydrogens (tertiary/aromatic N) is 6. The highest BCUT2D eigenvalue weighted by molar-refractivity contribution is 6.32. The maximum atomic E-state index is 13.4. The molecule has 3 aromatic heterocycles. The second-order valence-corrected chi connectivity index (χ2v) is 6.70. The SMILES string of the molecule is Cc1cc(F)ccc1-n1ncc(C(=O)Nc2cnc(-n3nccn3)c(Cl)c2)c1C. The van der Waals surface area contributed by atoms with E-state index in [1.807, 2.05) is 0 Å². The van der Waals surface area contributed by atoms with Crippen LogP contribution in [-0.2, 0) is 0 Å². The fourth-order valence-electron chi connectivity index (χ4n) is 2.90. The molecule has 0 aliphatic rings. The zero-order chi connectivity index (χ0) is 20.5. The summed E-state index contributed by atoms with van der Waals surface area (Å²) in [6, 6.07) is 5.96. The van der Waals surface area contributed by atoms with Crippen LogP contribution in [0, 0.1) is 19.7 Å². The van der Waals surface area contributed by atoms with Gasteiger partial charge in [0.15, 0.2) is 5.82 Å². The second-order valence-electron chi connectivity index (χ2n) is 6.29. The van der Waals surface area contributed by atoms with Crippen LogP contribution in [0.25, 0.3) is 11.5 Å². The van der Waals surface area contributed by atoms with Crippen molar-refractivity contribution in [2.24, 2.45) is 0 Å². The van der Waals surface area contributed by atoms with Crippen molar-refractivity contribution in [3.8, 4) is 11.5 Å². The van der Waals surface area contributed by atoms with Crippen LogP contribution in [0.2, 0.25) is 5.02 Å². The number of hydrogen-bond acceptors (Lipinski definition) is 5. The van der Waals surface area contributed by atoms with Gasteiger partial charge in [0, 0.05) is 0 Å². The number of hydrogen-bond donors (Lipinski definition) is 1. The summed E-state index contributed by atoms with van der Waals surface area (Å²) in [5.74, 6) is -0.339. The summed E-state index contributed by atoms with van der Waals surface area (Å²) >= 11 is 6.23. The predicted molar refractivity (Wildman–Crippen MR) is 105 cm³/mol. The quantitative estimate of drug-likeness (QED) is 0.555. The summed E-state index contributed by atoms with van der Waals surface area (Å²) in [6.07, 6.45) is 5.95. The van der Waals surface area contributed by atoms with Crippen molar-refractivity contribution in [3.05, 3.63) is 76.7 Å². The highest BCUT2D eigenvalue weighted by atomic mass is 35.5. The van der Waals surface area contributed by atoms with Gasteiger partial charge in [0.05, 0.1) is 52.4 Å². The highest BCUT2D eigenvalue weighted by Gasteiger charge is 2.17. The van der Waals surface area contributed by atoms with Gasteiger partial charge in [-0.05, 0) is 43.7 Å². The fourth-order valence-corrected chi connectivity index (χ4v) is 3.14. The van der Waals surface area contributed by atoms with Crippen molar-refractivity contribution in [3.63, 3.8) is 0 Å². The Bertz CT molecular complexity index is 1200. The van der Waals surface area contributed by atoms with Crippen LogP contribution in [0.15, 0.2) is 49.1 Å². The van der Waals surface area contributed by atoms with Crippen LogP contribution in [0.4, 0.5) is 10.1 Å². The van der Waals surface area contributed by atoms with Crippen molar-refractivity contribution in [2.45, 2.75) is 13.8 Å². The zero-order valence-electron chi connectivity index (χ0n) is 15.5. The van der Waals surface area contributed by atoms with Crippen molar-refractivity contribution < 1.29 is 9.18 Å². The molecular formula is C19H15ClFN7O. The normalized spacial score (nSPS) is 10.9. The Kier molecular flexibility index (Phi) is 4.81. The summed E-state index contributed by atoms with van der Waals surface area (Å²) in [6.45, 7) is 3.55. The van der Waals surface area contributed by atoms with E-state index in [2.05, 4.69) is 25.6 Å². The molecule has 29 heavy (non-hydrogen) atoms. The number of aryl methyl sites for hydroxylation is 1. The monoisotopic (exact) mass is 411 g/mol. The first-order valence-electron chi connectivity index (χ1n) is 8.59. The minimum absolute atomic E-state index is 0.286. The van der Waals surface area contributed by atoms with Gasteiger partial charge in [-0.15, -0.1) is 4.80 Å². The molecule has 0 saturated heterocycles. The molecule has 10 heteroatoms. The molecule has 0 bridgehead atoms. The van der Waals surface area contributed by atoms with Crippen molar-refractivity contribution in [1.82, 2.24) is 29.8 Å². The third-order valence-electron chi connectivity index (χ3n) is 4.33. The average Bonchev–Trinajstić information content (AvgIpc) is 3.32. The van der Waals surface area contributed by atoms with E-state index in [9.17, 15) is 9.18 Å². The van der Waals surface area contributed by atoms with E-state index >= 15 is 0 Å². The second kappa shape index (κ2) is 7.44. The Balaban J connectivity index is 1.58. The van der Waals surface area contributed by atoms with E-state index in [4.69, 9.17) is 11.6 Å². The lowest BCUT2D eigenvalue weighted by Crippen LogP contribution is -2.14. The lowest BCUT2D eigenvalue weighted by Gasteiger charge is -2.10. The molecule has 1 N–H and O–H groups in total. The molecule has 146 valence electrons. The Hall–Kier alpha value is -3.59. The Morgan fingerprint density at radius 2 is 1.86 bits per heavy atom. The number of amides is 1. The molecule has 0 aliphatic heterocycles. The molecular weight excluding hydrogens is 397 g/mol. The first-order valence-corrected chi connectivity index (χ1v) is 8.96. The first kappa shape index (κ1) is 18.8. The minimum atomic E-state index is -0.364. The maximum Gasteiger partial charge on any atom is 0.259 e. The van der Waals surface area contributed by atoms with Gasteiger partial charge in [0.1, 0.15) is 5.82 Å². The summed E-state index contributed by atoms with van der Waals surface area (Å²) in [5, 5.41) is 15.3. The number of rotatable bonds is 4. The number of pyridine rings is 1. The molecule has 8 nitrogen and oxygen atoms in total. The third-order valence-corrected chi connectivity index (χ3v) is 4.61. The van der Waals surface area contributed by atoms with Gasteiger partial charge in [-0.3, -0.25) is 4.79 Å². The topological polar surface area (TPSA) is 90.5 Å². The highest BCUT2D eigenvalue weighted by Crippen LogP contribution is 2.23. The molecule has 0 spiro atoms. The molecule has 1 amide bonds. The number of nitrogens with one attached hydrogen (secondary N) is 1. The molecule has 0 saturated carbocycles. The van der Waals surface area contributed by atoms with Crippen LogP contribution in [0.3, 0.4) is 0 Å². The first-order chi connectivity index (χ1) is 13.9. The molecule has 4 rings (SSSR count). The predicted octanol–water partition coefficient (Wildman–Crippen LogP) is 3.51. The number of anilines is 1. The Morgan fingerprint density at radius 3 is 2.55 bits per heavy atom. The Labute approximate surface area is 169 Å². The van der Waals surface area contributed by atoms with Crippen LogP contribution >= 0.6 is 11.6 Å². The lowest BCUT2D eigenvalue weighted by atomic mass is 10.2. The van der Waals surface area contributed by atoms with E-state index in [-0.39, 0.29) is 16.7 Å². The standard InChI is InChI=1S/C19H15ClFN7O/c1-11-7-13(21)3-4-17(11)27-12(2)15(10-25-27)19(29)26-14-8-16(20)18(22-9-14)28-23-5-6-24-28/h3-10H,1-2H3,(H,26,29). The van der Waals surface area contributed by atoms with E-state index < -0.39 is 0 Å². The third kappa shape index (κ3) is 3.59. The maximum absolute atomic E-state index is 13.4. The van der Waals surface area contributed by atoms with Crippen molar-refractivity contribution in [2.75, 3.05) is 5.32 Å². The summed E-state index contributed by atoms with van der Waals surface area (Å²) in [4.78, 5) is 18.2. The molecule has 0 aliphatic carbocycles. The van der Waals surface area contributed by atoms with Gasteiger partial charge in [-0.25, -0.2) is 14.1 Å². The minimum Gasteiger partial charge on any atom is -0.320 e. The van der Waals surface area contributed by atoms with Gasteiger partial charge in [-0.1, -0.05) is 11.6 Å². The van der Waals surface area contributed by atoms with Gasteiger partial charge in [0.2, 0.25) is 0 Å². The molecule has 0 fully saturated rings. The van der Waals surface area contributed by atoms with E-state index in [1.54, 1.807) is 30.7 Å². The summed E-state index contributed by atoms with van der Waals surface area (Å²) in [5.41, 5.74) is 2.82. The summed E-state index contributed by atoms with van der Waals surface area (Å²) in [7, 11) is 0. The number of halogens is 2. The van der Waals surface area contributed by atoms with E-state index in [0.717, 1.165) is 0 Å². The van der Waals surface area contributed by atoms with Crippen LogP contribution in [-0.4, -0.2) is 35.7 Å².